The molecule has 1 aliphatic carbocycles. The molecule has 0 aromatic carbocycles. The lowest BCUT2D eigenvalue weighted by Gasteiger charge is -2.17. The van der Waals surface area contributed by atoms with Crippen LogP contribution in [0, 0.1) is 5.92 Å². The summed E-state index contributed by atoms with van der Waals surface area (Å²) in [7, 11) is 1.91. The standard InChI is InChI=1S/C14H20BrNOS/c1-16(9-13-8-12(15)10-18-13)14(17)7-6-11-4-2-3-5-11/h8,10-11H,2-7,9H2,1H3. The number of rotatable bonds is 5. The summed E-state index contributed by atoms with van der Waals surface area (Å²) in [5, 5.41) is 2.06. The molecule has 0 bridgehead atoms. The first-order valence-electron chi connectivity index (χ1n) is 6.62. The third-order valence-corrected chi connectivity index (χ3v) is 5.36. The molecule has 2 nitrogen and oxygen atoms in total. The van der Waals surface area contributed by atoms with Crippen molar-refractivity contribution in [2.45, 2.75) is 45.1 Å². The van der Waals surface area contributed by atoms with Crippen molar-refractivity contribution in [1.29, 1.82) is 0 Å². The fraction of sp³-hybridized carbons (Fsp3) is 0.643. The lowest BCUT2D eigenvalue weighted by atomic mass is 10.0. The summed E-state index contributed by atoms with van der Waals surface area (Å²) in [4.78, 5) is 15.1. The van der Waals surface area contributed by atoms with Gasteiger partial charge in [0.1, 0.15) is 0 Å². The first kappa shape index (κ1) is 14.1. The second kappa shape index (κ2) is 6.71. The highest BCUT2D eigenvalue weighted by molar-refractivity contribution is 9.10. The highest BCUT2D eigenvalue weighted by Gasteiger charge is 2.17. The SMILES string of the molecule is CN(Cc1cc(Br)cs1)C(=O)CCC1CCCC1. The Bertz CT molecular complexity index is 398. The van der Waals surface area contributed by atoms with Crippen LogP contribution in [0.15, 0.2) is 15.9 Å². The van der Waals surface area contributed by atoms with Crippen LogP contribution in [0.1, 0.15) is 43.4 Å². The summed E-state index contributed by atoms with van der Waals surface area (Å²) in [6.07, 6.45) is 7.17. The second-order valence-corrected chi connectivity index (χ2v) is 7.08. The summed E-state index contributed by atoms with van der Waals surface area (Å²) in [6, 6.07) is 2.09. The molecule has 0 atom stereocenters. The fourth-order valence-corrected chi connectivity index (χ4v) is 4.08. The number of hydrogen-bond donors (Lipinski definition) is 0. The van der Waals surface area contributed by atoms with Crippen LogP contribution in [0.4, 0.5) is 0 Å². The first-order valence-corrected chi connectivity index (χ1v) is 8.29. The van der Waals surface area contributed by atoms with E-state index < -0.39 is 0 Å². The van der Waals surface area contributed by atoms with E-state index in [9.17, 15) is 4.79 Å². The van der Waals surface area contributed by atoms with Crippen LogP contribution in [-0.2, 0) is 11.3 Å². The monoisotopic (exact) mass is 329 g/mol. The van der Waals surface area contributed by atoms with Crippen molar-refractivity contribution < 1.29 is 4.79 Å². The van der Waals surface area contributed by atoms with Crippen molar-refractivity contribution in [3.63, 3.8) is 0 Å². The molecule has 0 saturated heterocycles. The normalized spacial score (nSPS) is 16.1. The average molecular weight is 330 g/mol. The number of carbonyl (C=O) groups is 1. The van der Waals surface area contributed by atoms with Gasteiger partial charge in [-0.1, -0.05) is 25.7 Å². The van der Waals surface area contributed by atoms with Gasteiger partial charge in [0.15, 0.2) is 0 Å². The molecule has 1 heterocycles. The lowest BCUT2D eigenvalue weighted by Crippen LogP contribution is -2.25. The Morgan fingerprint density at radius 3 is 2.83 bits per heavy atom. The molecule has 0 radical (unpaired) electrons. The Morgan fingerprint density at radius 1 is 1.50 bits per heavy atom. The minimum absolute atomic E-state index is 0.284. The molecule has 1 fully saturated rings. The van der Waals surface area contributed by atoms with Gasteiger partial charge < -0.3 is 4.90 Å². The number of nitrogens with zero attached hydrogens (tertiary/aromatic N) is 1. The summed E-state index contributed by atoms with van der Waals surface area (Å²) in [5.41, 5.74) is 0. The van der Waals surface area contributed by atoms with Gasteiger partial charge in [0, 0.05) is 28.2 Å². The van der Waals surface area contributed by atoms with Crippen LogP contribution < -0.4 is 0 Å². The Labute approximate surface area is 122 Å². The molecule has 0 aliphatic heterocycles. The number of carbonyl (C=O) groups excluding carboxylic acids is 1. The Hall–Kier alpha value is -0.350. The zero-order valence-electron chi connectivity index (χ0n) is 10.8. The Kier molecular flexibility index (Phi) is 5.25. The average Bonchev–Trinajstić information content (AvgIpc) is 2.97. The smallest absolute Gasteiger partial charge is 0.222 e. The van der Waals surface area contributed by atoms with Crippen LogP contribution >= 0.6 is 27.3 Å². The number of thiophene rings is 1. The maximum absolute atomic E-state index is 12.0. The minimum Gasteiger partial charge on any atom is -0.341 e. The van der Waals surface area contributed by atoms with Crippen molar-refractivity contribution in [1.82, 2.24) is 4.90 Å². The number of halogens is 1. The molecule has 18 heavy (non-hydrogen) atoms. The van der Waals surface area contributed by atoms with Crippen molar-refractivity contribution >= 4 is 33.2 Å². The molecule has 1 amide bonds. The third-order valence-electron chi connectivity index (χ3n) is 3.68. The molecule has 2 rings (SSSR count). The fourth-order valence-electron chi connectivity index (χ4n) is 2.58. The van der Waals surface area contributed by atoms with E-state index in [4.69, 9.17) is 0 Å². The van der Waals surface area contributed by atoms with E-state index in [0.29, 0.717) is 6.42 Å². The van der Waals surface area contributed by atoms with E-state index in [-0.39, 0.29) is 5.91 Å². The molecule has 100 valence electrons. The zero-order chi connectivity index (χ0) is 13.0. The molecule has 4 heteroatoms. The van der Waals surface area contributed by atoms with Gasteiger partial charge in [0.05, 0.1) is 6.54 Å². The minimum atomic E-state index is 0.284. The predicted molar refractivity (Wildman–Crippen MR) is 79.7 cm³/mol. The van der Waals surface area contributed by atoms with Crippen molar-refractivity contribution in [2.75, 3.05) is 7.05 Å². The van der Waals surface area contributed by atoms with E-state index in [0.717, 1.165) is 23.4 Å². The van der Waals surface area contributed by atoms with Crippen LogP contribution in [-0.4, -0.2) is 17.9 Å². The zero-order valence-corrected chi connectivity index (χ0v) is 13.2. The summed E-state index contributed by atoms with van der Waals surface area (Å²) < 4.78 is 1.11. The van der Waals surface area contributed by atoms with Gasteiger partial charge in [-0.15, -0.1) is 11.3 Å². The third kappa shape index (κ3) is 4.09. The summed E-state index contributed by atoms with van der Waals surface area (Å²) in [6.45, 7) is 0.736. The molecule has 0 N–H and O–H groups in total. The van der Waals surface area contributed by atoms with Gasteiger partial charge in [-0.25, -0.2) is 0 Å². The quantitative estimate of drug-likeness (QED) is 0.782. The Balaban J connectivity index is 1.74. The summed E-state index contributed by atoms with van der Waals surface area (Å²) >= 11 is 5.14. The number of hydrogen-bond acceptors (Lipinski definition) is 2. The predicted octanol–water partition coefficient (Wildman–Crippen LogP) is 4.44. The highest BCUT2D eigenvalue weighted by atomic mass is 79.9. The van der Waals surface area contributed by atoms with E-state index in [1.807, 2.05) is 11.9 Å². The highest BCUT2D eigenvalue weighted by Crippen LogP contribution is 2.28. The molecular weight excluding hydrogens is 310 g/mol. The first-order chi connectivity index (χ1) is 8.65. The van der Waals surface area contributed by atoms with E-state index in [2.05, 4.69) is 27.4 Å². The van der Waals surface area contributed by atoms with Gasteiger partial charge in [-0.3, -0.25) is 4.79 Å². The van der Waals surface area contributed by atoms with Gasteiger partial charge in [-0.05, 0) is 34.3 Å². The van der Waals surface area contributed by atoms with Gasteiger partial charge in [-0.2, -0.15) is 0 Å². The Morgan fingerprint density at radius 2 is 2.22 bits per heavy atom. The molecule has 1 aliphatic rings. The van der Waals surface area contributed by atoms with Crippen LogP contribution in [0.3, 0.4) is 0 Å². The maximum Gasteiger partial charge on any atom is 0.222 e. The maximum atomic E-state index is 12.0. The van der Waals surface area contributed by atoms with Gasteiger partial charge in [0.25, 0.3) is 0 Å². The van der Waals surface area contributed by atoms with Crippen molar-refractivity contribution in [3.8, 4) is 0 Å². The van der Waals surface area contributed by atoms with Crippen LogP contribution in [0.5, 0.6) is 0 Å². The molecule has 1 saturated carbocycles. The van der Waals surface area contributed by atoms with Gasteiger partial charge in [0.2, 0.25) is 5.91 Å². The molecule has 0 spiro atoms. The molecule has 0 unspecified atom stereocenters. The van der Waals surface area contributed by atoms with Gasteiger partial charge >= 0.3 is 0 Å². The topological polar surface area (TPSA) is 20.3 Å². The van der Waals surface area contributed by atoms with Crippen molar-refractivity contribution in [3.05, 3.63) is 20.8 Å². The van der Waals surface area contributed by atoms with Crippen LogP contribution in [0.25, 0.3) is 0 Å². The largest absolute Gasteiger partial charge is 0.341 e. The van der Waals surface area contributed by atoms with E-state index in [1.54, 1.807) is 11.3 Å². The lowest BCUT2D eigenvalue weighted by molar-refractivity contribution is -0.130. The molecular formula is C14H20BrNOS. The summed E-state index contributed by atoms with van der Waals surface area (Å²) in [5.74, 6) is 1.09. The molecule has 1 aromatic heterocycles. The van der Waals surface area contributed by atoms with E-state index in [1.165, 1.54) is 30.6 Å². The van der Waals surface area contributed by atoms with Crippen molar-refractivity contribution in [2.24, 2.45) is 5.92 Å². The van der Waals surface area contributed by atoms with E-state index >= 15 is 0 Å². The molecule has 1 aromatic rings. The second-order valence-electron chi connectivity index (χ2n) is 5.17. The van der Waals surface area contributed by atoms with Crippen LogP contribution in [0.2, 0.25) is 0 Å². The number of amides is 1.